The fourth-order valence-electron chi connectivity index (χ4n) is 3.55. The summed E-state index contributed by atoms with van der Waals surface area (Å²) in [6.45, 7) is -0.0509. The molecule has 1 aromatic heterocycles. The monoisotopic (exact) mass is 348 g/mol. The van der Waals surface area contributed by atoms with Crippen molar-refractivity contribution in [3.63, 3.8) is 0 Å². The molecular weight excluding hydrogens is 328 g/mol. The van der Waals surface area contributed by atoms with E-state index in [4.69, 9.17) is 9.15 Å². The molecule has 26 heavy (non-hydrogen) atoms. The van der Waals surface area contributed by atoms with Crippen molar-refractivity contribution in [1.29, 1.82) is 0 Å². The van der Waals surface area contributed by atoms with Gasteiger partial charge in [-0.05, 0) is 43.4 Å². The van der Waals surface area contributed by atoms with Crippen LogP contribution >= 0.6 is 0 Å². The molecule has 2 aromatic carbocycles. The minimum atomic E-state index is -0.244. The number of hydrogen-bond acceptors (Lipinski definition) is 4. The van der Waals surface area contributed by atoms with Crippen LogP contribution < -0.4 is 10.4 Å². The van der Waals surface area contributed by atoms with Gasteiger partial charge in [-0.3, -0.25) is 4.79 Å². The first-order chi connectivity index (χ1) is 12.7. The van der Waals surface area contributed by atoms with Crippen LogP contribution in [0, 0.1) is 0 Å². The lowest BCUT2D eigenvalue weighted by atomic mass is 10.0. The third kappa shape index (κ3) is 3.27. The lowest BCUT2D eigenvalue weighted by Crippen LogP contribution is -2.12. The minimum Gasteiger partial charge on any atom is -0.485 e. The molecule has 4 nitrogen and oxygen atoms in total. The number of ether oxygens (including phenoxy) is 1. The molecule has 1 heterocycles. The molecule has 132 valence electrons. The highest BCUT2D eigenvalue weighted by Crippen LogP contribution is 2.28. The van der Waals surface area contributed by atoms with Gasteiger partial charge in [-0.1, -0.05) is 36.8 Å². The number of carbonyl (C=O) groups excluding carboxylic acids is 1. The van der Waals surface area contributed by atoms with E-state index in [9.17, 15) is 9.59 Å². The van der Waals surface area contributed by atoms with Crippen molar-refractivity contribution >= 4 is 16.8 Å². The van der Waals surface area contributed by atoms with Crippen LogP contribution in [0.25, 0.3) is 11.0 Å². The molecule has 0 aliphatic heterocycles. The summed E-state index contributed by atoms with van der Waals surface area (Å²) in [7, 11) is 0. The van der Waals surface area contributed by atoms with E-state index in [1.54, 1.807) is 18.2 Å². The zero-order valence-corrected chi connectivity index (χ0v) is 14.5. The zero-order valence-electron chi connectivity index (χ0n) is 14.5. The number of hydrogen-bond donors (Lipinski definition) is 0. The van der Waals surface area contributed by atoms with Crippen molar-refractivity contribution in [2.75, 3.05) is 6.61 Å². The predicted octanol–water partition coefficient (Wildman–Crippen LogP) is 4.32. The van der Waals surface area contributed by atoms with Crippen LogP contribution in [0.5, 0.6) is 5.75 Å². The topological polar surface area (TPSA) is 56.5 Å². The van der Waals surface area contributed by atoms with E-state index in [0.717, 1.165) is 48.6 Å². The van der Waals surface area contributed by atoms with Gasteiger partial charge in [0, 0.05) is 22.6 Å². The first-order valence-electron chi connectivity index (χ1n) is 9.02. The molecule has 0 fully saturated rings. The largest absolute Gasteiger partial charge is 0.485 e. The summed E-state index contributed by atoms with van der Waals surface area (Å²) in [5.74, 6) is 0.438. The van der Waals surface area contributed by atoms with Crippen molar-refractivity contribution < 1.29 is 13.9 Å². The number of carbonyl (C=O) groups is 1. The van der Waals surface area contributed by atoms with Gasteiger partial charge in [0.2, 0.25) is 0 Å². The van der Waals surface area contributed by atoms with E-state index in [1.165, 1.54) is 0 Å². The second-order valence-electron chi connectivity index (χ2n) is 6.64. The highest BCUT2D eigenvalue weighted by Gasteiger charge is 2.17. The molecule has 4 heteroatoms. The fourth-order valence-corrected chi connectivity index (χ4v) is 3.55. The van der Waals surface area contributed by atoms with Crippen LogP contribution in [0.3, 0.4) is 0 Å². The summed E-state index contributed by atoms with van der Waals surface area (Å²) in [5, 5.41) is 0.975. The Balaban J connectivity index is 1.60. The Bertz CT molecular complexity index is 1000. The quantitative estimate of drug-likeness (QED) is 0.400. The van der Waals surface area contributed by atoms with Crippen molar-refractivity contribution in [2.45, 2.75) is 32.1 Å². The maximum atomic E-state index is 12.3. The standard InChI is InChI=1S/C22H20O4/c23-20(15-7-3-1-4-8-15)14-25-16-11-12-18-17-9-5-2-6-10-19(17)22(24)26-21(18)13-16/h1,3-4,7-8,11-13H,2,5-6,9-10,14H2. The predicted molar refractivity (Wildman–Crippen MR) is 100 cm³/mol. The van der Waals surface area contributed by atoms with Crippen LogP contribution in [0.15, 0.2) is 57.7 Å². The molecule has 1 aliphatic rings. The van der Waals surface area contributed by atoms with E-state index in [2.05, 4.69) is 0 Å². The summed E-state index contributed by atoms with van der Waals surface area (Å²) in [5.41, 5.74) is 2.83. The normalized spacial score (nSPS) is 13.8. The Morgan fingerprint density at radius 1 is 0.962 bits per heavy atom. The Labute approximate surface area is 151 Å². The van der Waals surface area contributed by atoms with Crippen molar-refractivity contribution in [1.82, 2.24) is 0 Å². The van der Waals surface area contributed by atoms with Gasteiger partial charge in [-0.15, -0.1) is 0 Å². The first kappa shape index (κ1) is 16.6. The molecule has 0 amide bonds. The van der Waals surface area contributed by atoms with Crippen molar-refractivity contribution in [3.8, 4) is 5.75 Å². The Kier molecular flexibility index (Phi) is 4.57. The minimum absolute atomic E-state index is 0.0509. The van der Waals surface area contributed by atoms with Gasteiger partial charge in [0.05, 0.1) is 0 Å². The Morgan fingerprint density at radius 3 is 2.54 bits per heavy atom. The molecule has 0 unspecified atom stereocenters. The van der Waals surface area contributed by atoms with Gasteiger partial charge >= 0.3 is 5.63 Å². The van der Waals surface area contributed by atoms with Gasteiger partial charge in [0.1, 0.15) is 11.3 Å². The first-order valence-corrected chi connectivity index (χ1v) is 9.02. The average Bonchev–Trinajstić information content (AvgIpc) is 2.93. The van der Waals surface area contributed by atoms with E-state index in [0.29, 0.717) is 16.9 Å². The highest BCUT2D eigenvalue weighted by molar-refractivity contribution is 5.97. The second-order valence-corrected chi connectivity index (χ2v) is 6.64. The van der Waals surface area contributed by atoms with Crippen LogP contribution in [0.1, 0.15) is 40.7 Å². The van der Waals surface area contributed by atoms with Crippen molar-refractivity contribution in [2.24, 2.45) is 0 Å². The van der Waals surface area contributed by atoms with E-state index in [1.807, 2.05) is 30.3 Å². The van der Waals surface area contributed by atoms with Crippen LogP contribution in [-0.2, 0) is 12.8 Å². The van der Waals surface area contributed by atoms with Crippen LogP contribution in [-0.4, -0.2) is 12.4 Å². The molecule has 3 aromatic rings. The van der Waals surface area contributed by atoms with Gasteiger partial charge < -0.3 is 9.15 Å². The SMILES string of the molecule is O=C(COc1ccc2c3c(c(=O)oc2c1)CCCCC3)c1ccccc1. The maximum absolute atomic E-state index is 12.3. The number of fused-ring (bicyclic) bond motifs is 3. The molecule has 4 rings (SSSR count). The molecule has 0 spiro atoms. The summed E-state index contributed by atoms with van der Waals surface area (Å²) in [6, 6.07) is 14.5. The Morgan fingerprint density at radius 2 is 1.73 bits per heavy atom. The number of Topliss-reactive ketones (excluding diaryl/α,β-unsaturated/α-hetero) is 1. The molecule has 0 saturated heterocycles. The lowest BCUT2D eigenvalue weighted by Gasteiger charge is -2.10. The fraction of sp³-hybridized carbons (Fsp3) is 0.273. The third-order valence-corrected chi connectivity index (χ3v) is 4.91. The Hall–Kier alpha value is -2.88. The molecule has 0 atom stereocenters. The number of aryl methyl sites for hydroxylation is 1. The van der Waals surface area contributed by atoms with Gasteiger partial charge in [-0.2, -0.15) is 0 Å². The summed E-state index contributed by atoms with van der Waals surface area (Å²) < 4.78 is 11.2. The van der Waals surface area contributed by atoms with Gasteiger partial charge in [0.25, 0.3) is 0 Å². The smallest absolute Gasteiger partial charge is 0.339 e. The maximum Gasteiger partial charge on any atom is 0.339 e. The molecule has 0 N–H and O–H groups in total. The summed E-state index contributed by atoms with van der Waals surface area (Å²) in [4.78, 5) is 24.5. The number of rotatable bonds is 4. The molecule has 1 aliphatic carbocycles. The number of benzene rings is 2. The van der Waals surface area contributed by atoms with Crippen molar-refractivity contribution in [3.05, 3.63) is 75.6 Å². The molecule has 0 bridgehead atoms. The third-order valence-electron chi connectivity index (χ3n) is 4.91. The zero-order chi connectivity index (χ0) is 17.9. The number of ketones is 1. The van der Waals surface area contributed by atoms with E-state index in [-0.39, 0.29) is 18.0 Å². The average molecular weight is 348 g/mol. The summed E-state index contributed by atoms with van der Waals surface area (Å²) in [6.07, 6.45) is 4.96. The molecule has 0 radical (unpaired) electrons. The lowest BCUT2D eigenvalue weighted by molar-refractivity contribution is 0.0921. The second kappa shape index (κ2) is 7.16. The molecule has 0 saturated carbocycles. The van der Waals surface area contributed by atoms with Gasteiger partial charge in [-0.25, -0.2) is 4.79 Å². The molecular formula is C22H20O4. The van der Waals surface area contributed by atoms with Crippen LogP contribution in [0.2, 0.25) is 0 Å². The van der Waals surface area contributed by atoms with E-state index >= 15 is 0 Å². The summed E-state index contributed by atoms with van der Waals surface area (Å²) >= 11 is 0. The van der Waals surface area contributed by atoms with Crippen LogP contribution in [0.4, 0.5) is 0 Å². The van der Waals surface area contributed by atoms with Gasteiger partial charge in [0.15, 0.2) is 12.4 Å². The van der Waals surface area contributed by atoms with E-state index < -0.39 is 0 Å². The highest BCUT2D eigenvalue weighted by atomic mass is 16.5.